The Hall–Kier alpha value is -3.41. The lowest BCUT2D eigenvalue weighted by Gasteiger charge is -2.07. The molecule has 0 saturated heterocycles. The van der Waals surface area contributed by atoms with Crippen molar-refractivity contribution in [2.45, 2.75) is 0 Å². The van der Waals surface area contributed by atoms with Crippen LogP contribution in [0.4, 0.5) is 5.82 Å². The predicted molar refractivity (Wildman–Crippen MR) is 103 cm³/mol. The molecular formula is C20H20N4O2. The van der Waals surface area contributed by atoms with Crippen LogP contribution < -0.4 is 4.74 Å². The summed E-state index contributed by atoms with van der Waals surface area (Å²) in [5.41, 5.74) is 2.71. The number of carbonyl (C=O) groups excluding carboxylic acids is 1. The van der Waals surface area contributed by atoms with E-state index in [1.165, 1.54) is 0 Å². The smallest absolute Gasteiger partial charge is 0.168 e. The van der Waals surface area contributed by atoms with Crippen LogP contribution in [0.15, 0.2) is 59.6 Å². The minimum atomic E-state index is 0.449. The molecule has 0 radical (unpaired) electrons. The molecule has 0 atom stereocenters. The zero-order chi connectivity index (χ0) is 18.5. The maximum Gasteiger partial charge on any atom is 0.168 e. The molecule has 0 unspecified atom stereocenters. The summed E-state index contributed by atoms with van der Waals surface area (Å²) < 4.78 is 6.88. The van der Waals surface area contributed by atoms with Crippen LogP contribution in [0.3, 0.4) is 0 Å². The van der Waals surface area contributed by atoms with Crippen LogP contribution in [0.1, 0.15) is 10.4 Å². The Balaban J connectivity index is 2.20. The summed E-state index contributed by atoms with van der Waals surface area (Å²) >= 11 is 0. The topological polar surface area (TPSA) is 59.7 Å². The van der Waals surface area contributed by atoms with E-state index in [-0.39, 0.29) is 0 Å². The number of methoxy groups -OCH3 is 1. The molecule has 2 aromatic carbocycles. The molecule has 0 N–H and O–H groups in total. The van der Waals surface area contributed by atoms with Crippen molar-refractivity contribution < 1.29 is 9.53 Å². The molecule has 0 amide bonds. The molecule has 1 aromatic heterocycles. The first-order valence-corrected chi connectivity index (χ1v) is 8.12. The van der Waals surface area contributed by atoms with Gasteiger partial charge in [0.1, 0.15) is 11.4 Å². The van der Waals surface area contributed by atoms with Crippen molar-refractivity contribution in [1.29, 1.82) is 0 Å². The van der Waals surface area contributed by atoms with Crippen molar-refractivity contribution in [2.75, 3.05) is 21.2 Å². The van der Waals surface area contributed by atoms with Crippen molar-refractivity contribution in [2.24, 2.45) is 4.99 Å². The Morgan fingerprint density at radius 1 is 1.08 bits per heavy atom. The van der Waals surface area contributed by atoms with Gasteiger partial charge >= 0.3 is 0 Å². The third-order valence-corrected chi connectivity index (χ3v) is 3.79. The molecule has 26 heavy (non-hydrogen) atoms. The fourth-order valence-electron chi connectivity index (χ4n) is 2.54. The summed E-state index contributed by atoms with van der Waals surface area (Å²) in [6, 6.07) is 17.1. The Bertz CT molecular complexity index is 913. The van der Waals surface area contributed by atoms with Crippen LogP contribution in [0.2, 0.25) is 0 Å². The molecule has 0 aliphatic heterocycles. The van der Waals surface area contributed by atoms with E-state index in [4.69, 9.17) is 4.74 Å². The summed E-state index contributed by atoms with van der Waals surface area (Å²) in [4.78, 5) is 18.1. The number of benzene rings is 2. The minimum absolute atomic E-state index is 0.449. The second kappa shape index (κ2) is 7.65. The van der Waals surface area contributed by atoms with E-state index >= 15 is 0 Å². The molecule has 6 heteroatoms. The summed E-state index contributed by atoms with van der Waals surface area (Å²) in [5.74, 6) is 1.23. The van der Waals surface area contributed by atoms with Gasteiger partial charge < -0.3 is 9.64 Å². The fourth-order valence-corrected chi connectivity index (χ4v) is 2.54. The number of carbonyl (C=O) groups is 1. The number of rotatable bonds is 6. The molecule has 0 saturated carbocycles. The standard InChI is InChI=1S/C20H20N4O2/c1-23(2)14-21-20-18(13-25)19(15-7-5-4-6-8-15)22-24(20)16-9-11-17(26-3)12-10-16/h4-14H,1-3H3/b21-14+. The van der Waals surface area contributed by atoms with Crippen molar-refractivity contribution >= 4 is 18.4 Å². The Morgan fingerprint density at radius 3 is 2.35 bits per heavy atom. The van der Waals surface area contributed by atoms with Gasteiger partial charge in [-0.1, -0.05) is 30.3 Å². The van der Waals surface area contributed by atoms with Crippen LogP contribution in [-0.2, 0) is 0 Å². The number of nitrogens with zero attached hydrogens (tertiary/aromatic N) is 4. The average Bonchev–Trinajstić information content (AvgIpc) is 3.05. The predicted octanol–water partition coefficient (Wildman–Crippen LogP) is 3.58. The zero-order valence-electron chi connectivity index (χ0n) is 15.0. The molecule has 3 rings (SSSR count). The summed E-state index contributed by atoms with van der Waals surface area (Å²) in [5, 5.41) is 4.67. The molecule has 0 fully saturated rings. The summed E-state index contributed by atoms with van der Waals surface area (Å²) in [6.07, 6.45) is 2.45. The number of aliphatic imine (C=N–C) groups is 1. The molecule has 0 bridgehead atoms. The molecular weight excluding hydrogens is 328 g/mol. The third kappa shape index (κ3) is 3.49. The van der Waals surface area contributed by atoms with E-state index < -0.39 is 0 Å². The van der Waals surface area contributed by atoms with Gasteiger partial charge in [-0.05, 0) is 24.3 Å². The number of aromatic nitrogens is 2. The van der Waals surface area contributed by atoms with E-state index in [0.717, 1.165) is 23.3 Å². The molecule has 6 nitrogen and oxygen atoms in total. The van der Waals surface area contributed by atoms with Crippen LogP contribution >= 0.6 is 0 Å². The first-order valence-electron chi connectivity index (χ1n) is 8.12. The van der Waals surface area contributed by atoms with Gasteiger partial charge in [-0.3, -0.25) is 4.79 Å². The highest BCUT2D eigenvalue weighted by Crippen LogP contribution is 2.32. The second-order valence-electron chi connectivity index (χ2n) is 5.89. The van der Waals surface area contributed by atoms with E-state index in [0.29, 0.717) is 17.1 Å². The molecule has 0 aliphatic carbocycles. The third-order valence-electron chi connectivity index (χ3n) is 3.79. The fraction of sp³-hybridized carbons (Fsp3) is 0.150. The molecule has 0 aliphatic rings. The summed E-state index contributed by atoms with van der Waals surface area (Å²) in [6.45, 7) is 0. The Morgan fingerprint density at radius 2 is 1.77 bits per heavy atom. The number of aldehydes is 1. The number of hydrogen-bond acceptors (Lipinski definition) is 4. The lowest BCUT2D eigenvalue weighted by Crippen LogP contribution is -2.08. The lowest BCUT2D eigenvalue weighted by molar-refractivity contribution is 0.112. The van der Waals surface area contributed by atoms with E-state index in [9.17, 15) is 4.79 Å². The van der Waals surface area contributed by atoms with E-state index in [1.807, 2.05) is 73.6 Å². The largest absolute Gasteiger partial charge is 0.497 e. The minimum Gasteiger partial charge on any atom is -0.497 e. The number of hydrogen-bond donors (Lipinski definition) is 0. The zero-order valence-corrected chi connectivity index (χ0v) is 15.0. The molecule has 132 valence electrons. The Kier molecular flexibility index (Phi) is 5.12. The highest BCUT2D eigenvalue weighted by atomic mass is 16.5. The maximum atomic E-state index is 11.9. The first-order chi connectivity index (χ1) is 12.6. The van der Waals surface area contributed by atoms with Crippen molar-refractivity contribution in [3.8, 4) is 22.7 Å². The monoisotopic (exact) mass is 348 g/mol. The molecule has 3 aromatic rings. The van der Waals surface area contributed by atoms with Crippen molar-refractivity contribution in [3.05, 3.63) is 60.2 Å². The van der Waals surface area contributed by atoms with Gasteiger partial charge in [-0.25, -0.2) is 9.67 Å². The van der Waals surface area contributed by atoms with Gasteiger partial charge in [0.25, 0.3) is 0 Å². The van der Waals surface area contributed by atoms with Gasteiger partial charge in [-0.2, -0.15) is 5.10 Å². The van der Waals surface area contributed by atoms with Crippen LogP contribution in [0.5, 0.6) is 5.75 Å². The Labute approximate surface area is 152 Å². The van der Waals surface area contributed by atoms with Crippen molar-refractivity contribution in [1.82, 2.24) is 14.7 Å². The van der Waals surface area contributed by atoms with Gasteiger partial charge in [0.05, 0.1) is 24.7 Å². The van der Waals surface area contributed by atoms with Crippen LogP contribution in [0.25, 0.3) is 16.9 Å². The van der Waals surface area contributed by atoms with Crippen LogP contribution in [-0.4, -0.2) is 48.5 Å². The van der Waals surface area contributed by atoms with E-state index in [1.54, 1.807) is 18.1 Å². The van der Waals surface area contributed by atoms with Gasteiger partial charge in [0.15, 0.2) is 12.1 Å². The van der Waals surface area contributed by atoms with Gasteiger partial charge in [-0.15, -0.1) is 0 Å². The lowest BCUT2D eigenvalue weighted by atomic mass is 10.1. The normalized spacial score (nSPS) is 10.9. The van der Waals surface area contributed by atoms with Gasteiger partial charge in [0.2, 0.25) is 0 Å². The average molecular weight is 348 g/mol. The second-order valence-corrected chi connectivity index (χ2v) is 5.89. The maximum absolute atomic E-state index is 11.9. The van der Waals surface area contributed by atoms with Crippen LogP contribution in [0, 0.1) is 0 Å². The summed E-state index contributed by atoms with van der Waals surface area (Å²) in [7, 11) is 5.36. The SMILES string of the molecule is COc1ccc(-n2nc(-c3ccccc3)c(C=O)c2/N=C/N(C)C)cc1. The highest BCUT2D eigenvalue weighted by molar-refractivity contribution is 5.92. The van der Waals surface area contributed by atoms with E-state index in [2.05, 4.69) is 10.1 Å². The van der Waals surface area contributed by atoms with Gasteiger partial charge in [0, 0.05) is 19.7 Å². The van der Waals surface area contributed by atoms with Crippen molar-refractivity contribution in [3.63, 3.8) is 0 Å². The molecule has 1 heterocycles. The highest BCUT2D eigenvalue weighted by Gasteiger charge is 2.19. The quantitative estimate of drug-likeness (QED) is 0.388. The number of ether oxygens (including phenoxy) is 1. The molecule has 0 spiro atoms. The first kappa shape index (κ1) is 17.4.